The summed E-state index contributed by atoms with van der Waals surface area (Å²) in [6.07, 6.45) is 4.79. The maximum absolute atomic E-state index is 4.75. The summed E-state index contributed by atoms with van der Waals surface area (Å²) >= 11 is 0. The summed E-state index contributed by atoms with van der Waals surface area (Å²) in [5.74, 6) is 0.763. The lowest BCUT2D eigenvalue weighted by Gasteiger charge is -2.27. The lowest BCUT2D eigenvalue weighted by atomic mass is 10.2. The van der Waals surface area contributed by atoms with Gasteiger partial charge >= 0.3 is 0 Å². The molecule has 0 bridgehead atoms. The summed E-state index contributed by atoms with van der Waals surface area (Å²) in [5, 5.41) is 4.75. The van der Waals surface area contributed by atoms with Gasteiger partial charge in [0.2, 0.25) is 0 Å². The molecule has 1 aliphatic heterocycles. The van der Waals surface area contributed by atoms with Crippen molar-refractivity contribution < 1.29 is 0 Å². The molecule has 2 aromatic rings. The number of aryl methyl sites for hydroxylation is 1. The second-order valence-electron chi connectivity index (χ2n) is 5.88. The molecule has 0 N–H and O–H groups in total. The van der Waals surface area contributed by atoms with Crippen LogP contribution in [-0.2, 0) is 26.7 Å². The lowest BCUT2D eigenvalue weighted by molar-refractivity contribution is 0.201. The number of hydrogen-bond acceptors (Lipinski definition) is 2. The van der Waals surface area contributed by atoms with Crippen molar-refractivity contribution in [1.82, 2.24) is 19.2 Å². The normalized spacial score (nSPS) is 19.6. The summed E-state index contributed by atoms with van der Waals surface area (Å²) < 4.78 is 4.43. The van der Waals surface area contributed by atoms with Crippen molar-refractivity contribution in [2.24, 2.45) is 7.05 Å². The maximum atomic E-state index is 4.75. The van der Waals surface area contributed by atoms with E-state index in [1.54, 1.807) is 0 Å². The molecular weight excluding hydrogens is 236 g/mol. The first-order valence-electron chi connectivity index (χ1n) is 7.19. The van der Waals surface area contributed by atoms with Crippen LogP contribution in [0.2, 0.25) is 0 Å². The summed E-state index contributed by atoms with van der Waals surface area (Å²) in [7, 11) is 2.12. The van der Waals surface area contributed by atoms with Crippen molar-refractivity contribution in [3.05, 3.63) is 41.5 Å². The van der Waals surface area contributed by atoms with Gasteiger partial charge < -0.3 is 4.57 Å². The molecule has 0 amide bonds. The fourth-order valence-electron chi connectivity index (χ4n) is 2.95. The van der Waals surface area contributed by atoms with Gasteiger partial charge in [-0.15, -0.1) is 0 Å². The van der Waals surface area contributed by atoms with Gasteiger partial charge in [-0.05, 0) is 31.0 Å². The summed E-state index contributed by atoms with van der Waals surface area (Å²) in [6, 6.07) is 6.66. The molecule has 4 nitrogen and oxygen atoms in total. The zero-order chi connectivity index (χ0) is 12.8. The van der Waals surface area contributed by atoms with Gasteiger partial charge in [0.05, 0.1) is 17.9 Å². The molecule has 0 radical (unpaired) electrons. The van der Waals surface area contributed by atoms with Gasteiger partial charge in [0.15, 0.2) is 0 Å². The van der Waals surface area contributed by atoms with Crippen LogP contribution in [0.4, 0.5) is 0 Å². The molecule has 0 aromatic carbocycles. The lowest BCUT2D eigenvalue weighted by Crippen LogP contribution is -2.33. The Bertz CT molecular complexity index is 591. The number of rotatable bonds is 3. The zero-order valence-corrected chi connectivity index (χ0v) is 11.4. The predicted octanol–water partition coefficient (Wildman–Crippen LogP) is 2.11. The Morgan fingerprint density at radius 3 is 2.95 bits per heavy atom. The highest BCUT2D eigenvalue weighted by atomic mass is 15.3. The minimum Gasteiger partial charge on any atom is -0.353 e. The van der Waals surface area contributed by atoms with Crippen LogP contribution in [0.25, 0.3) is 0 Å². The highest BCUT2D eigenvalue weighted by molar-refractivity contribution is 5.19. The molecule has 2 aromatic heterocycles. The van der Waals surface area contributed by atoms with E-state index in [1.165, 1.54) is 29.9 Å². The topological polar surface area (TPSA) is 26.0 Å². The first-order chi connectivity index (χ1) is 9.29. The van der Waals surface area contributed by atoms with Gasteiger partial charge in [0.1, 0.15) is 0 Å². The first kappa shape index (κ1) is 11.3. The molecular formula is C15H20N4. The molecule has 1 fully saturated rings. The van der Waals surface area contributed by atoms with Gasteiger partial charge in [-0.25, -0.2) is 0 Å². The predicted molar refractivity (Wildman–Crippen MR) is 73.7 cm³/mol. The van der Waals surface area contributed by atoms with Gasteiger partial charge in [-0.2, -0.15) is 5.10 Å². The van der Waals surface area contributed by atoms with Crippen molar-refractivity contribution in [3.8, 4) is 0 Å². The SMILES string of the molecule is Cn1cccc1CN1CCn2nc(C3CC3)cc2C1. The molecule has 3 heterocycles. The molecule has 4 rings (SSSR count). The summed E-state index contributed by atoms with van der Waals surface area (Å²) in [5.41, 5.74) is 4.11. The molecule has 0 unspecified atom stereocenters. The van der Waals surface area contributed by atoms with Crippen LogP contribution < -0.4 is 0 Å². The second-order valence-corrected chi connectivity index (χ2v) is 5.88. The number of nitrogens with zero attached hydrogens (tertiary/aromatic N) is 4. The average molecular weight is 256 g/mol. The minimum atomic E-state index is 0.763. The van der Waals surface area contributed by atoms with Crippen molar-refractivity contribution in [1.29, 1.82) is 0 Å². The number of hydrogen-bond donors (Lipinski definition) is 0. The van der Waals surface area contributed by atoms with E-state index < -0.39 is 0 Å². The van der Waals surface area contributed by atoms with Crippen LogP contribution in [0.5, 0.6) is 0 Å². The van der Waals surface area contributed by atoms with E-state index in [2.05, 4.69) is 45.6 Å². The Morgan fingerprint density at radius 1 is 1.32 bits per heavy atom. The van der Waals surface area contributed by atoms with Crippen LogP contribution in [0.3, 0.4) is 0 Å². The smallest absolute Gasteiger partial charge is 0.0658 e. The highest BCUT2D eigenvalue weighted by Crippen LogP contribution is 2.39. The van der Waals surface area contributed by atoms with E-state index >= 15 is 0 Å². The molecule has 2 aliphatic rings. The van der Waals surface area contributed by atoms with Gasteiger partial charge in [0.25, 0.3) is 0 Å². The average Bonchev–Trinajstić information content (AvgIpc) is 3.06. The number of fused-ring (bicyclic) bond motifs is 1. The van der Waals surface area contributed by atoms with Crippen LogP contribution in [0.15, 0.2) is 24.4 Å². The van der Waals surface area contributed by atoms with Gasteiger partial charge in [0, 0.05) is 44.5 Å². The molecule has 0 atom stereocenters. The highest BCUT2D eigenvalue weighted by Gasteiger charge is 2.28. The largest absolute Gasteiger partial charge is 0.353 e. The first-order valence-corrected chi connectivity index (χ1v) is 7.19. The van der Waals surface area contributed by atoms with Crippen molar-refractivity contribution in [2.45, 2.75) is 38.4 Å². The Kier molecular flexibility index (Phi) is 2.52. The Morgan fingerprint density at radius 2 is 2.21 bits per heavy atom. The summed E-state index contributed by atoms with van der Waals surface area (Å²) in [6.45, 7) is 4.20. The fourth-order valence-corrected chi connectivity index (χ4v) is 2.95. The van der Waals surface area contributed by atoms with Gasteiger partial charge in [-0.1, -0.05) is 0 Å². The minimum absolute atomic E-state index is 0.763. The Labute approximate surface area is 113 Å². The molecule has 1 saturated carbocycles. The summed E-state index contributed by atoms with van der Waals surface area (Å²) in [4.78, 5) is 2.52. The van der Waals surface area contributed by atoms with Crippen LogP contribution in [0.1, 0.15) is 35.8 Å². The third kappa shape index (κ3) is 2.10. The molecule has 0 saturated heterocycles. The van der Waals surface area contributed by atoms with Crippen LogP contribution >= 0.6 is 0 Å². The van der Waals surface area contributed by atoms with Crippen molar-refractivity contribution in [3.63, 3.8) is 0 Å². The third-order valence-electron chi connectivity index (χ3n) is 4.33. The number of aromatic nitrogens is 3. The van der Waals surface area contributed by atoms with Crippen LogP contribution in [-0.4, -0.2) is 25.8 Å². The van der Waals surface area contributed by atoms with E-state index in [0.29, 0.717) is 0 Å². The Balaban J connectivity index is 1.50. The van der Waals surface area contributed by atoms with E-state index in [9.17, 15) is 0 Å². The molecule has 1 aliphatic carbocycles. The monoisotopic (exact) mass is 256 g/mol. The van der Waals surface area contributed by atoms with Crippen molar-refractivity contribution in [2.75, 3.05) is 6.54 Å². The van der Waals surface area contributed by atoms with E-state index in [1.807, 2.05) is 0 Å². The Hall–Kier alpha value is -1.55. The molecule has 19 heavy (non-hydrogen) atoms. The van der Waals surface area contributed by atoms with Crippen molar-refractivity contribution >= 4 is 0 Å². The molecule has 4 heteroatoms. The molecule has 0 spiro atoms. The fraction of sp³-hybridized carbons (Fsp3) is 0.533. The van der Waals surface area contributed by atoms with E-state index in [4.69, 9.17) is 5.10 Å². The quantitative estimate of drug-likeness (QED) is 0.840. The third-order valence-corrected chi connectivity index (χ3v) is 4.33. The van der Waals surface area contributed by atoms with Crippen LogP contribution in [0, 0.1) is 0 Å². The zero-order valence-electron chi connectivity index (χ0n) is 11.4. The van der Waals surface area contributed by atoms with E-state index in [0.717, 1.165) is 32.1 Å². The van der Waals surface area contributed by atoms with E-state index in [-0.39, 0.29) is 0 Å². The molecule has 100 valence electrons. The maximum Gasteiger partial charge on any atom is 0.0658 e. The second kappa shape index (κ2) is 4.23. The van der Waals surface area contributed by atoms with Gasteiger partial charge in [-0.3, -0.25) is 9.58 Å². The standard InChI is InChI=1S/C15H20N4/c1-17-6-2-3-13(17)10-18-7-8-19-14(11-18)9-15(16-19)12-4-5-12/h2-3,6,9,12H,4-5,7-8,10-11H2,1H3.